The van der Waals surface area contributed by atoms with E-state index >= 15 is 0 Å². The summed E-state index contributed by atoms with van der Waals surface area (Å²) in [6, 6.07) is 7.62. The van der Waals surface area contributed by atoms with E-state index in [0.29, 0.717) is 25.4 Å². The molecule has 0 N–H and O–H groups in total. The largest absolute Gasteiger partial charge is 0.466 e. The quantitative estimate of drug-likeness (QED) is 0.766. The molecule has 1 aromatic carbocycles. The van der Waals surface area contributed by atoms with Crippen LogP contribution in [0, 0.1) is 5.92 Å². The van der Waals surface area contributed by atoms with Crippen LogP contribution in [0.25, 0.3) is 0 Å². The summed E-state index contributed by atoms with van der Waals surface area (Å²) in [5.74, 6) is -0.344. The van der Waals surface area contributed by atoms with Crippen molar-refractivity contribution in [2.75, 3.05) is 36.9 Å². The molecule has 0 aliphatic carbocycles. The van der Waals surface area contributed by atoms with Gasteiger partial charge in [0.1, 0.15) is 6.54 Å². The molecule has 0 aromatic heterocycles. The van der Waals surface area contributed by atoms with Gasteiger partial charge in [-0.3, -0.25) is 14.4 Å². The molecule has 0 spiro atoms. The Hall–Kier alpha value is -2.02. The molecule has 1 atom stereocenters. The van der Waals surface area contributed by atoms with Crippen molar-refractivity contribution >= 4 is 35.2 Å². The van der Waals surface area contributed by atoms with E-state index in [0.717, 1.165) is 23.4 Å². The first-order valence-corrected chi connectivity index (χ1v) is 9.55. The number of thioether (sulfide) groups is 1. The van der Waals surface area contributed by atoms with Crippen molar-refractivity contribution < 1.29 is 19.1 Å². The molecule has 2 heterocycles. The van der Waals surface area contributed by atoms with Crippen molar-refractivity contribution in [2.45, 2.75) is 24.7 Å². The van der Waals surface area contributed by atoms with Crippen LogP contribution in [0.3, 0.4) is 0 Å². The van der Waals surface area contributed by atoms with Crippen LogP contribution in [-0.2, 0) is 19.1 Å². The molecule has 1 aromatic rings. The van der Waals surface area contributed by atoms with Crippen LogP contribution in [0.1, 0.15) is 19.8 Å². The molecule has 3 rings (SSSR count). The Kier molecular flexibility index (Phi) is 5.63. The van der Waals surface area contributed by atoms with Gasteiger partial charge in [-0.1, -0.05) is 12.1 Å². The molecule has 134 valence electrons. The fourth-order valence-corrected chi connectivity index (χ4v) is 4.15. The number of fused-ring (bicyclic) bond motifs is 1. The summed E-state index contributed by atoms with van der Waals surface area (Å²) in [7, 11) is 0. The molecule has 2 aliphatic heterocycles. The van der Waals surface area contributed by atoms with E-state index in [-0.39, 0.29) is 30.2 Å². The van der Waals surface area contributed by atoms with Gasteiger partial charge in [-0.15, -0.1) is 11.8 Å². The van der Waals surface area contributed by atoms with Crippen molar-refractivity contribution in [3.63, 3.8) is 0 Å². The van der Waals surface area contributed by atoms with Crippen LogP contribution in [0.15, 0.2) is 29.2 Å². The van der Waals surface area contributed by atoms with Gasteiger partial charge < -0.3 is 14.5 Å². The van der Waals surface area contributed by atoms with Gasteiger partial charge in [-0.25, -0.2) is 0 Å². The number of carbonyl (C=O) groups excluding carboxylic acids is 3. The van der Waals surface area contributed by atoms with E-state index in [1.54, 1.807) is 16.7 Å². The van der Waals surface area contributed by atoms with E-state index in [9.17, 15) is 14.4 Å². The van der Waals surface area contributed by atoms with E-state index in [2.05, 4.69) is 0 Å². The number of ether oxygens (including phenoxy) is 1. The molecular formula is C18H22N2O4S. The second-order valence-corrected chi connectivity index (χ2v) is 7.18. The number of amides is 2. The third-order valence-corrected chi connectivity index (χ3v) is 5.54. The van der Waals surface area contributed by atoms with Crippen LogP contribution in [0.2, 0.25) is 0 Å². The number of likely N-dealkylation sites (tertiary alicyclic amines) is 1. The van der Waals surface area contributed by atoms with Crippen molar-refractivity contribution in [1.29, 1.82) is 0 Å². The summed E-state index contributed by atoms with van der Waals surface area (Å²) in [5, 5.41) is 0. The fraction of sp³-hybridized carbons (Fsp3) is 0.500. The first kappa shape index (κ1) is 17.8. The number of para-hydroxylation sites is 1. The standard InChI is InChI=1S/C18H22N2O4S/c1-2-24-18(23)13-6-5-9-19(10-13)16(21)11-20-14-7-3-4-8-15(14)25-12-17(20)22/h3-4,7-8,13H,2,5-6,9-12H2,1H3. The SMILES string of the molecule is CCOC(=O)C1CCCN(C(=O)CN2C(=O)CSc3ccccc32)C1. The number of hydrogen-bond acceptors (Lipinski definition) is 5. The minimum atomic E-state index is -0.266. The predicted molar refractivity (Wildman–Crippen MR) is 95.5 cm³/mol. The van der Waals surface area contributed by atoms with Crippen molar-refractivity contribution in [2.24, 2.45) is 5.92 Å². The Morgan fingerprint density at radius 3 is 2.92 bits per heavy atom. The summed E-state index contributed by atoms with van der Waals surface area (Å²) in [5.41, 5.74) is 0.788. The molecule has 1 unspecified atom stereocenters. The smallest absolute Gasteiger partial charge is 0.310 e. The highest BCUT2D eigenvalue weighted by Gasteiger charge is 2.32. The van der Waals surface area contributed by atoms with Crippen LogP contribution in [0.5, 0.6) is 0 Å². The Balaban J connectivity index is 1.68. The lowest BCUT2D eigenvalue weighted by atomic mass is 9.98. The average molecular weight is 362 g/mol. The van der Waals surface area contributed by atoms with Gasteiger partial charge in [0.25, 0.3) is 0 Å². The predicted octanol–water partition coefficient (Wildman–Crippen LogP) is 1.93. The summed E-state index contributed by atoms with van der Waals surface area (Å²) >= 11 is 1.50. The minimum Gasteiger partial charge on any atom is -0.466 e. The topological polar surface area (TPSA) is 66.9 Å². The third-order valence-electron chi connectivity index (χ3n) is 4.50. The molecule has 2 aliphatic rings. The number of nitrogens with zero attached hydrogens (tertiary/aromatic N) is 2. The zero-order valence-corrected chi connectivity index (χ0v) is 15.1. The van der Waals surface area contributed by atoms with Crippen molar-refractivity contribution in [3.05, 3.63) is 24.3 Å². The highest BCUT2D eigenvalue weighted by atomic mass is 32.2. The number of esters is 1. The second-order valence-electron chi connectivity index (χ2n) is 6.17. The van der Waals surface area contributed by atoms with Gasteiger partial charge in [0.2, 0.25) is 11.8 Å². The van der Waals surface area contributed by atoms with Crippen molar-refractivity contribution in [3.8, 4) is 0 Å². The Bertz CT molecular complexity index is 679. The Labute approximate surface area is 151 Å². The molecule has 7 heteroatoms. The van der Waals surface area contributed by atoms with E-state index < -0.39 is 0 Å². The Morgan fingerprint density at radius 2 is 2.12 bits per heavy atom. The first-order chi connectivity index (χ1) is 12.1. The van der Waals surface area contributed by atoms with Gasteiger partial charge >= 0.3 is 5.97 Å². The maximum absolute atomic E-state index is 12.7. The first-order valence-electron chi connectivity index (χ1n) is 8.56. The summed E-state index contributed by atoms with van der Waals surface area (Å²) in [4.78, 5) is 41.2. The van der Waals surface area contributed by atoms with E-state index in [4.69, 9.17) is 4.74 Å². The lowest BCUT2D eigenvalue weighted by Gasteiger charge is -2.34. The van der Waals surface area contributed by atoms with Gasteiger partial charge in [0, 0.05) is 18.0 Å². The number of carbonyl (C=O) groups is 3. The highest BCUT2D eigenvalue weighted by Crippen LogP contribution is 2.34. The van der Waals surface area contributed by atoms with Crippen LogP contribution in [-0.4, -0.2) is 54.7 Å². The molecule has 0 radical (unpaired) electrons. The highest BCUT2D eigenvalue weighted by molar-refractivity contribution is 8.00. The summed E-state index contributed by atoms with van der Waals surface area (Å²) in [6.45, 7) is 3.14. The fourth-order valence-electron chi connectivity index (χ4n) is 3.22. The molecule has 2 amide bonds. The van der Waals surface area contributed by atoms with Crippen molar-refractivity contribution in [1.82, 2.24) is 4.90 Å². The Morgan fingerprint density at radius 1 is 1.32 bits per heavy atom. The average Bonchev–Trinajstić information content (AvgIpc) is 2.64. The molecular weight excluding hydrogens is 340 g/mol. The molecule has 0 bridgehead atoms. The van der Waals surface area contributed by atoms with Gasteiger partial charge in [-0.2, -0.15) is 0 Å². The monoisotopic (exact) mass is 362 g/mol. The minimum absolute atomic E-state index is 0.0198. The lowest BCUT2D eigenvalue weighted by molar-refractivity contribution is -0.151. The number of benzene rings is 1. The van der Waals surface area contributed by atoms with Gasteiger partial charge in [0.05, 0.1) is 24.0 Å². The number of rotatable bonds is 4. The summed E-state index contributed by atoms with van der Waals surface area (Å²) in [6.07, 6.45) is 1.51. The maximum Gasteiger partial charge on any atom is 0.310 e. The third kappa shape index (κ3) is 3.98. The lowest BCUT2D eigenvalue weighted by Crippen LogP contribution is -2.49. The molecule has 1 saturated heterocycles. The number of piperidine rings is 1. The van der Waals surface area contributed by atoms with Crippen LogP contribution < -0.4 is 4.90 Å². The zero-order valence-electron chi connectivity index (χ0n) is 14.3. The van der Waals surface area contributed by atoms with Gasteiger partial charge in [0.15, 0.2) is 0 Å². The number of anilines is 1. The van der Waals surface area contributed by atoms with E-state index in [1.165, 1.54) is 11.8 Å². The molecule has 25 heavy (non-hydrogen) atoms. The van der Waals surface area contributed by atoms with E-state index in [1.807, 2.05) is 24.3 Å². The van der Waals surface area contributed by atoms with Crippen LogP contribution in [0.4, 0.5) is 5.69 Å². The maximum atomic E-state index is 12.7. The molecule has 1 fully saturated rings. The van der Waals surface area contributed by atoms with Gasteiger partial charge in [-0.05, 0) is 31.9 Å². The van der Waals surface area contributed by atoms with Crippen LogP contribution >= 0.6 is 11.8 Å². The number of hydrogen-bond donors (Lipinski definition) is 0. The normalized spacial score (nSPS) is 20.2. The summed E-state index contributed by atoms with van der Waals surface area (Å²) < 4.78 is 5.08. The molecule has 6 nitrogen and oxygen atoms in total. The molecule has 0 saturated carbocycles. The zero-order chi connectivity index (χ0) is 17.8. The second kappa shape index (κ2) is 7.91.